The number of benzene rings is 1. The zero-order valence-electron chi connectivity index (χ0n) is 23.9. The van der Waals surface area contributed by atoms with Crippen molar-refractivity contribution in [3.05, 3.63) is 89.2 Å². The molecule has 0 aliphatic carbocycles. The molecule has 0 radical (unpaired) electrons. The highest BCUT2D eigenvalue weighted by Crippen LogP contribution is 2.32. The summed E-state index contributed by atoms with van der Waals surface area (Å²) in [5.41, 5.74) is 7.81. The smallest absolute Gasteiger partial charge is 0.267 e. The van der Waals surface area contributed by atoms with Crippen molar-refractivity contribution >= 4 is 28.6 Å². The van der Waals surface area contributed by atoms with Crippen molar-refractivity contribution in [3.63, 3.8) is 0 Å². The van der Waals surface area contributed by atoms with Crippen LogP contribution in [0.2, 0.25) is 0 Å². The van der Waals surface area contributed by atoms with Crippen LogP contribution >= 0.6 is 11.3 Å². The summed E-state index contributed by atoms with van der Waals surface area (Å²) in [6, 6.07) is 12.0. The third kappa shape index (κ3) is 5.60. The van der Waals surface area contributed by atoms with Crippen molar-refractivity contribution in [1.82, 2.24) is 39.0 Å². The summed E-state index contributed by atoms with van der Waals surface area (Å²) < 4.78 is 23.1. The Bertz CT molecular complexity index is 1930. The maximum Gasteiger partial charge on any atom is 0.267 e. The van der Waals surface area contributed by atoms with Crippen LogP contribution in [0.4, 0.5) is 10.1 Å². The summed E-state index contributed by atoms with van der Waals surface area (Å²) in [6.45, 7) is 6.68. The number of carbonyl (C=O) groups excluding carboxylic acids is 1. The fourth-order valence-electron chi connectivity index (χ4n) is 5.25. The van der Waals surface area contributed by atoms with Gasteiger partial charge in [-0.25, -0.2) is 18.9 Å². The Kier molecular flexibility index (Phi) is 7.64. The average Bonchev–Trinajstić information content (AvgIpc) is 3.82. The molecule has 1 fully saturated rings. The van der Waals surface area contributed by atoms with Crippen molar-refractivity contribution in [2.24, 2.45) is 0 Å². The lowest BCUT2D eigenvalue weighted by Gasteiger charge is -2.26. The van der Waals surface area contributed by atoms with Crippen molar-refractivity contribution in [2.45, 2.75) is 13.5 Å². The van der Waals surface area contributed by atoms with Gasteiger partial charge in [0.05, 0.1) is 54.5 Å². The van der Waals surface area contributed by atoms with E-state index in [1.54, 1.807) is 34.6 Å². The normalized spacial score (nSPS) is 13.9. The number of aromatic nitrogens is 7. The molecule has 6 heterocycles. The Morgan fingerprint density at radius 1 is 1.02 bits per heavy atom. The van der Waals surface area contributed by atoms with Gasteiger partial charge < -0.3 is 14.6 Å². The highest BCUT2D eigenvalue weighted by molar-refractivity contribution is 7.11. The SMILES string of the molecule is Cc1ccnc(-c2cn3nc(-c4c(-c5ccc(F)cc5)ncn4CCN4CCOCC4)ccc3n2)c1NC(=O)c1cncs1. The number of rotatable bonds is 8. The van der Waals surface area contributed by atoms with E-state index >= 15 is 0 Å². The van der Waals surface area contributed by atoms with Gasteiger partial charge in [0, 0.05) is 37.9 Å². The summed E-state index contributed by atoms with van der Waals surface area (Å²) in [7, 11) is 0. The maximum absolute atomic E-state index is 13.8. The van der Waals surface area contributed by atoms with Crippen LogP contribution < -0.4 is 5.32 Å². The van der Waals surface area contributed by atoms with E-state index in [1.807, 2.05) is 31.5 Å². The Morgan fingerprint density at radius 2 is 1.86 bits per heavy atom. The Balaban J connectivity index is 1.26. The molecule has 6 aromatic rings. The van der Waals surface area contributed by atoms with Crippen molar-refractivity contribution in [3.8, 4) is 34.0 Å². The van der Waals surface area contributed by atoms with Gasteiger partial charge in [-0.15, -0.1) is 11.3 Å². The van der Waals surface area contributed by atoms with Crippen LogP contribution in [0.3, 0.4) is 0 Å². The number of morpholine rings is 1. The molecule has 0 unspecified atom stereocenters. The molecule has 222 valence electrons. The molecule has 1 N–H and O–H groups in total. The molecule has 11 nitrogen and oxygen atoms in total. The highest BCUT2D eigenvalue weighted by Gasteiger charge is 2.21. The maximum atomic E-state index is 13.8. The number of amides is 1. The van der Waals surface area contributed by atoms with Crippen molar-refractivity contribution in [1.29, 1.82) is 0 Å². The molecule has 0 spiro atoms. The summed E-state index contributed by atoms with van der Waals surface area (Å²) >= 11 is 1.27. The third-order valence-corrected chi connectivity index (χ3v) is 8.35. The molecule has 1 aliphatic rings. The first-order chi connectivity index (χ1) is 21.5. The van der Waals surface area contributed by atoms with E-state index in [0.717, 1.165) is 49.7 Å². The molecule has 1 aromatic carbocycles. The molecule has 0 saturated carbocycles. The van der Waals surface area contributed by atoms with Gasteiger partial charge in [-0.1, -0.05) is 0 Å². The number of hydrogen-bond acceptors (Lipinski definition) is 9. The Morgan fingerprint density at radius 3 is 2.66 bits per heavy atom. The van der Waals surface area contributed by atoms with Crippen LogP contribution in [0.5, 0.6) is 0 Å². The average molecular weight is 610 g/mol. The Labute approximate surface area is 256 Å². The quantitative estimate of drug-likeness (QED) is 0.262. The summed E-state index contributed by atoms with van der Waals surface area (Å²) in [6.07, 6.45) is 6.84. The standard InChI is InChI=1S/C31H28FN9O2S/c1-20-8-9-34-29(27(20)37-31(42)25-16-33-19-44-25)24-17-41-26(36-24)7-6-23(38-41)30-28(21-2-4-22(32)5-3-21)35-18-40(30)11-10-39-12-14-43-15-13-39/h2-9,16-19H,10-15H2,1H3,(H,37,42). The number of thiazole rings is 1. The number of anilines is 1. The first-order valence-corrected chi connectivity index (χ1v) is 15.1. The summed E-state index contributed by atoms with van der Waals surface area (Å²) in [5.74, 6) is -0.562. The number of fused-ring (bicyclic) bond motifs is 1. The molecule has 0 bridgehead atoms. The fourth-order valence-corrected chi connectivity index (χ4v) is 5.76. The molecule has 13 heteroatoms. The molecular weight excluding hydrogens is 581 g/mol. The number of hydrogen-bond donors (Lipinski definition) is 1. The molecule has 1 aliphatic heterocycles. The molecule has 1 amide bonds. The number of pyridine rings is 1. The number of imidazole rings is 2. The predicted octanol–water partition coefficient (Wildman–Crippen LogP) is 4.81. The molecule has 1 saturated heterocycles. The van der Waals surface area contributed by atoms with Gasteiger partial charge >= 0.3 is 0 Å². The zero-order chi connectivity index (χ0) is 30.0. The summed E-state index contributed by atoms with van der Waals surface area (Å²) in [4.78, 5) is 33.8. The molecule has 44 heavy (non-hydrogen) atoms. The second kappa shape index (κ2) is 12.0. The number of halogens is 1. The molecular formula is C31H28FN9O2S. The second-order valence-corrected chi connectivity index (χ2v) is 11.3. The van der Waals surface area contributed by atoms with Crippen LogP contribution in [0.1, 0.15) is 15.2 Å². The van der Waals surface area contributed by atoms with Crippen molar-refractivity contribution < 1.29 is 13.9 Å². The number of nitrogens with one attached hydrogen (secondary N) is 1. The van der Waals surface area contributed by atoms with Crippen LogP contribution in [0.15, 0.2) is 72.9 Å². The molecule has 5 aromatic heterocycles. The van der Waals surface area contributed by atoms with E-state index in [4.69, 9.17) is 19.8 Å². The van der Waals surface area contributed by atoms with Gasteiger partial charge in [0.2, 0.25) is 0 Å². The molecule has 0 atom stereocenters. The van der Waals surface area contributed by atoms with Gasteiger partial charge in [-0.05, 0) is 55.0 Å². The van der Waals surface area contributed by atoms with Crippen LogP contribution in [0.25, 0.3) is 39.7 Å². The summed E-state index contributed by atoms with van der Waals surface area (Å²) in [5, 5.41) is 7.93. The van der Waals surface area contributed by atoms with Crippen LogP contribution in [-0.4, -0.2) is 77.8 Å². The lowest BCUT2D eigenvalue weighted by Crippen LogP contribution is -2.38. The lowest BCUT2D eigenvalue weighted by molar-refractivity contribution is 0.0364. The minimum atomic E-state index is -0.306. The third-order valence-electron chi connectivity index (χ3n) is 7.58. The minimum absolute atomic E-state index is 0.257. The largest absolute Gasteiger partial charge is 0.379 e. The van der Waals surface area contributed by atoms with E-state index in [0.29, 0.717) is 45.5 Å². The number of carbonyl (C=O) groups is 1. The van der Waals surface area contributed by atoms with Gasteiger partial charge in [0.15, 0.2) is 5.65 Å². The van der Waals surface area contributed by atoms with E-state index < -0.39 is 0 Å². The van der Waals surface area contributed by atoms with Crippen LogP contribution in [-0.2, 0) is 11.3 Å². The monoisotopic (exact) mass is 609 g/mol. The Hall–Kier alpha value is -4.85. The van der Waals surface area contributed by atoms with E-state index in [9.17, 15) is 9.18 Å². The highest BCUT2D eigenvalue weighted by atomic mass is 32.1. The predicted molar refractivity (Wildman–Crippen MR) is 165 cm³/mol. The van der Waals surface area contributed by atoms with Crippen molar-refractivity contribution in [2.75, 3.05) is 38.2 Å². The number of nitrogens with zero attached hydrogens (tertiary/aromatic N) is 8. The van der Waals surface area contributed by atoms with Gasteiger partial charge in [0.25, 0.3) is 5.91 Å². The van der Waals surface area contributed by atoms with Gasteiger partial charge in [-0.3, -0.25) is 19.7 Å². The zero-order valence-corrected chi connectivity index (χ0v) is 24.7. The minimum Gasteiger partial charge on any atom is -0.379 e. The van der Waals surface area contributed by atoms with E-state index in [-0.39, 0.29) is 11.7 Å². The first kappa shape index (κ1) is 28.0. The lowest BCUT2D eigenvalue weighted by atomic mass is 10.1. The number of ether oxygens (including phenoxy) is 1. The second-order valence-electron chi connectivity index (χ2n) is 10.4. The first-order valence-electron chi connectivity index (χ1n) is 14.2. The van der Waals surface area contributed by atoms with E-state index in [2.05, 4.69) is 24.8 Å². The fraction of sp³-hybridized carbons (Fsp3) is 0.226. The number of aryl methyl sites for hydroxylation is 1. The van der Waals surface area contributed by atoms with Crippen LogP contribution in [0, 0.1) is 12.7 Å². The molecule has 7 rings (SSSR count). The van der Waals surface area contributed by atoms with E-state index in [1.165, 1.54) is 29.7 Å². The topological polar surface area (TPSA) is 115 Å². The van der Waals surface area contributed by atoms with Gasteiger partial charge in [0.1, 0.15) is 27.8 Å². The van der Waals surface area contributed by atoms with Gasteiger partial charge in [-0.2, -0.15) is 5.10 Å².